The number of anilines is 1. The predicted octanol–water partition coefficient (Wildman–Crippen LogP) is 4.38. The third kappa shape index (κ3) is 7.83. The lowest BCUT2D eigenvalue weighted by Crippen LogP contribution is -2.55. The number of hydrogen-bond acceptors (Lipinski definition) is 10. The van der Waals surface area contributed by atoms with Crippen LogP contribution in [0.5, 0.6) is 0 Å². The number of likely N-dealkylation sites (tertiary alicyclic amines) is 1. The first-order valence-corrected chi connectivity index (χ1v) is 14.4. The van der Waals surface area contributed by atoms with Gasteiger partial charge in [-0.05, 0) is 45.2 Å². The van der Waals surface area contributed by atoms with Gasteiger partial charge in [0.2, 0.25) is 0 Å². The number of furan rings is 1. The quantitative estimate of drug-likeness (QED) is 0.391. The highest BCUT2D eigenvalue weighted by atomic mass is 16.6. The fraction of sp³-hybridized carbons (Fsp3) is 0.621. The average Bonchev–Trinajstić information content (AvgIpc) is 3.63. The minimum atomic E-state index is -0.667. The molecule has 1 aliphatic heterocycles. The number of piperidine rings is 1. The zero-order valence-electron chi connectivity index (χ0n) is 25.8. The molecule has 3 aromatic rings. The van der Waals surface area contributed by atoms with Gasteiger partial charge in [-0.1, -0.05) is 39.8 Å². The van der Waals surface area contributed by atoms with E-state index in [-0.39, 0.29) is 29.2 Å². The Kier molecular flexibility index (Phi) is 9.17. The molecule has 2 atom stereocenters. The molecule has 0 unspecified atom stereocenters. The topological polar surface area (TPSA) is 155 Å². The summed E-state index contributed by atoms with van der Waals surface area (Å²) < 4.78 is 11.2. The summed E-state index contributed by atoms with van der Waals surface area (Å²) in [6.45, 7) is 17.1. The molecule has 13 nitrogen and oxygen atoms in total. The predicted molar refractivity (Wildman–Crippen MR) is 156 cm³/mol. The Morgan fingerprint density at radius 2 is 1.98 bits per heavy atom. The molecule has 13 heteroatoms. The lowest BCUT2D eigenvalue weighted by Gasteiger charge is -2.42. The summed E-state index contributed by atoms with van der Waals surface area (Å²) in [6.07, 6.45) is 3.30. The second-order valence-corrected chi connectivity index (χ2v) is 13.2. The number of rotatable bonds is 8. The highest BCUT2D eigenvalue weighted by Crippen LogP contribution is 2.31. The van der Waals surface area contributed by atoms with Gasteiger partial charge in [0.1, 0.15) is 28.6 Å². The molecule has 1 fully saturated rings. The molecule has 2 amide bonds. The smallest absolute Gasteiger partial charge is 0.410 e. The van der Waals surface area contributed by atoms with Crippen molar-refractivity contribution in [2.24, 2.45) is 5.92 Å². The van der Waals surface area contributed by atoms with E-state index in [2.05, 4.69) is 44.8 Å². The molecule has 42 heavy (non-hydrogen) atoms. The lowest BCUT2D eigenvalue weighted by atomic mass is 9.91. The van der Waals surface area contributed by atoms with Gasteiger partial charge in [-0.2, -0.15) is 5.21 Å². The minimum Gasteiger partial charge on any atom is -0.467 e. The molecule has 4 rings (SSSR count). The second-order valence-electron chi connectivity index (χ2n) is 13.2. The number of carbonyl (C=O) groups excluding carboxylic acids is 2. The van der Waals surface area contributed by atoms with Gasteiger partial charge in [0.05, 0.1) is 18.8 Å². The molecule has 0 saturated carbocycles. The van der Waals surface area contributed by atoms with Gasteiger partial charge < -0.3 is 24.3 Å². The van der Waals surface area contributed by atoms with Crippen LogP contribution < -0.4 is 5.32 Å². The Hall–Kier alpha value is -4.03. The fourth-order valence-electron chi connectivity index (χ4n) is 4.87. The molecule has 1 saturated heterocycles. The van der Waals surface area contributed by atoms with E-state index in [1.165, 1.54) is 0 Å². The van der Waals surface area contributed by atoms with Gasteiger partial charge in [0.25, 0.3) is 5.91 Å². The second kappa shape index (κ2) is 12.5. The molecule has 0 aromatic carbocycles. The molecule has 0 aliphatic carbocycles. The summed E-state index contributed by atoms with van der Waals surface area (Å²) in [5.74, 6) is 1.93. The number of aromatic amines is 1. The Bertz CT molecular complexity index is 1330. The van der Waals surface area contributed by atoms with Crippen LogP contribution in [-0.4, -0.2) is 83.7 Å². The Balaban J connectivity index is 1.69. The van der Waals surface area contributed by atoms with Gasteiger partial charge in [-0.25, -0.2) is 14.8 Å². The number of H-pyrrole nitrogens is 1. The minimum absolute atomic E-state index is 0.156. The molecule has 228 valence electrons. The number of tetrazole rings is 1. The zero-order chi connectivity index (χ0) is 30.7. The van der Waals surface area contributed by atoms with E-state index in [0.717, 1.165) is 0 Å². The third-order valence-electron chi connectivity index (χ3n) is 6.77. The highest BCUT2D eigenvalue weighted by Gasteiger charge is 2.40. The van der Waals surface area contributed by atoms with Gasteiger partial charge in [-0.3, -0.25) is 4.79 Å². The van der Waals surface area contributed by atoms with Crippen LogP contribution in [0.15, 0.2) is 29.0 Å². The summed E-state index contributed by atoms with van der Waals surface area (Å²) in [5.41, 5.74) is -0.643. The number of amides is 2. The van der Waals surface area contributed by atoms with Crippen molar-refractivity contribution in [2.45, 2.75) is 91.3 Å². The summed E-state index contributed by atoms with van der Waals surface area (Å²) >= 11 is 0. The maximum absolute atomic E-state index is 14.4. The van der Waals surface area contributed by atoms with Crippen LogP contribution >= 0.6 is 0 Å². The van der Waals surface area contributed by atoms with Crippen molar-refractivity contribution in [1.29, 1.82) is 0 Å². The van der Waals surface area contributed by atoms with E-state index in [1.54, 1.807) is 17.4 Å². The first-order chi connectivity index (χ1) is 19.7. The Morgan fingerprint density at radius 3 is 2.57 bits per heavy atom. The molecular formula is C29H43N9O4. The van der Waals surface area contributed by atoms with E-state index >= 15 is 0 Å². The zero-order valence-corrected chi connectivity index (χ0v) is 25.8. The molecule has 0 bridgehead atoms. The Labute approximate surface area is 246 Å². The Morgan fingerprint density at radius 1 is 1.21 bits per heavy atom. The van der Waals surface area contributed by atoms with Crippen LogP contribution in [-0.2, 0) is 16.7 Å². The number of aromatic nitrogens is 6. The first-order valence-electron chi connectivity index (χ1n) is 14.4. The van der Waals surface area contributed by atoms with E-state index in [9.17, 15) is 9.59 Å². The van der Waals surface area contributed by atoms with E-state index in [1.807, 2.05) is 58.6 Å². The highest BCUT2D eigenvalue weighted by molar-refractivity contribution is 5.98. The largest absolute Gasteiger partial charge is 0.467 e. The summed E-state index contributed by atoms with van der Waals surface area (Å²) in [7, 11) is 0. The average molecular weight is 582 g/mol. The monoisotopic (exact) mass is 581 g/mol. The molecule has 0 radical (unpaired) electrons. The standard InChI is InChI=1S/C29H43N9O4/c1-18(2)15-38(20-12-19(23-33-35-36-34-23)16-37(17-20)27(40)42-29(6,7)8)25(39)22-14-31-26(28(3,4)5)32-24(22)30-13-21-10-9-11-41-21/h9-11,14,18-20H,12-13,15-17H2,1-8H3,(H,30,31,32)(H,33,34,35,36)/t19-,20-/m0/s1. The van der Waals surface area contributed by atoms with Gasteiger partial charge >= 0.3 is 6.09 Å². The van der Waals surface area contributed by atoms with Crippen molar-refractivity contribution < 1.29 is 18.7 Å². The number of carbonyl (C=O) groups is 2. The number of hydrogen-bond donors (Lipinski definition) is 2. The van der Waals surface area contributed by atoms with Crippen molar-refractivity contribution in [3.63, 3.8) is 0 Å². The summed E-state index contributed by atoms with van der Waals surface area (Å²) in [4.78, 5) is 40.5. The third-order valence-corrected chi connectivity index (χ3v) is 6.77. The van der Waals surface area contributed by atoms with Crippen LogP contribution in [0, 0.1) is 5.92 Å². The van der Waals surface area contributed by atoms with E-state index < -0.39 is 11.7 Å². The van der Waals surface area contributed by atoms with Gasteiger partial charge in [-0.15, -0.1) is 10.2 Å². The van der Waals surface area contributed by atoms with E-state index in [0.29, 0.717) is 61.4 Å². The number of ether oxygens (including phenoxy) is 1. The van der Waals surface area contributed by atoms with Crippen molar-refractivity contribution >= 4 is 17.8 Å². The fourth-order valence-corrected chi connectivity index (χ4v) is 4.87. The van der Waals surface area contributed by atoms with Crippen molar-refractivity contribution in [1.82, 2.24) is 40.4 Å². The van der Waals surface area contributed by atoms with Crippen LogP contribution in [0.3, 0.4) is 0 Å². The maximum Gasteiger partial charge on any atom is 0.410 e. The molecule has 3 aromatic heterocycles. The summed E-state index contributed by atoms with van der Waals surface area (Å²) in [6, 6.07) is 3.33. The van der Waals surface area contributed by atoms with Crippen molar-refractivity contribution in [3.8, 4) is 0 Å². The van der Waals surface area contributed by atoms with Crippen molar-refractivity contribution in [2.75, 3.05) is 25.0 Å². The van der Waals surface area contributed by atoms with Crippen LogP contribution in [0.2, 0.25) is 0 Å². The van der Waals surface area contributed by atoms with Crippen LogP contribution in [0.4, 0.5) is 10.6 Å². The van der Waals surface area contributed by atoms with Crippen LogP contribution in [0.1, 0.15) is 95.5 Å². The summed E-state index contributed by atoms with van der Waals surface area (Å²) in [5, 5.41) is 17.9. The van der Waals surface area contributed by atoms with Crippen molar-refractivity contribution in [3.05, 3.63) is 47.6 Å². The molecule has 4 heterocycles. The lowest BCUT2D eigenvalue weighted by molar-refractivity contribution is 0.00605. The van der Waals surface area contributed by atoms with E-state index in [4.69, 9.17) is 14.1 Å². The molecule has 0 spiro atoms. The van der Waals surface area contributed by atoms with Crippen LogP contribution in [0.25, 0.3) is 0 Å². The van der Waals surface area contributed by atoms with Gasteiger partial charge in [0, 0.05) is 37.2 Å². The SMILES string of the molecule is CC(C)CN(C(=O)c1cnc(C(C)(C)C)nc1NCc1ccco1)[C@H]1C[C@H](c2nn[nH]n2)CN(C(=O)OC(C)(C)C)C1. The molecule has 1 aliphatic rings. The number of nitrogens with zero attached hydrogens (tertiary/aromatic N) is 7. The normalized spacial score (nSPS) is 17.8. The molecule has 2 N–H and O–H groups in total. The van der Waals surface area contributed by atoms with Gasteiger partial charge in [0.15, 0.2) is 5.82 Å². The maximum atomic E-state index is 14.4. The first kappa shape index (κ1) is 30.9. The number of nitrogens with one attached hydrogen (secondary N) is 2. The molecular weight excluding hydrogens is 538 g/mol.